The van der Waals surface area contributed by atoms with Crippen LogP contribution in [0.5, 0.6) is 5.75 Å². The molecule has 0 spiro atoms. The van der Waals surface area contributed by atoms with Crippen LogP contribution in [-0.2, 0) is 24.6 Å². The number of hydrogen-bond acceptors (Lipinski definition) is 7. The Bertz CT molecular complexity index is 1500. The minimum absolute atomic E-state index is 0.104. The number of aliphatic hydroxyl groups is 1. The molecule has 4 aromatic rings. The van der Waals surface area contributed by atoms with Gasteiger partial charge >= 0.3 is 6.18 Å². The van der Waals surface area contributed by atoms with E-state index in [1.54, 1.807) is 38.1 Å². The first-order valence-electron chi connectivity index (χ1n) is 11.4. The second-order valence-corrected chi connectivity index (χ2v) is 9.22. The first kappa shape index (κ1) is 26.7. The molecular weight excluding hydrogens is 505 g/mol. The molecule has 1 amide bonds. The third kappa shape index (κ3) is 6.29. The highest BCUT2D eigenvalue weighted by Gasteiger charge is 2.30. The number of carbonyl (C=O) groups excluding carboxylic acids is 1. The molecule has 2 aromatic carbocycles. The predicted octanol–water partition coefficient (Wildman–Crippen LogP) is 3.68. The molecule has 0 aliphatic rings. The molecule has 0 aliphatic carbocycles. The predicted molar refractivity (Wildman–Crippen MR) is 134 cm³/mol. The number of anilines is 3. The number of carbonyl (C=O) groups is 1. The third-order valence-electron chi connectivity index (χ3n) is 5.33. The standard InChI is InChI=1S/C25H25F3N6O4/c1-24(2,37)13-38-18-10-8-16(9-11-18)30-19(35)12-34-14-29-20-21(23(34)36)33(3)32-22(20)31-17-6-4-15(5-7-17)25(26,27)28/h4-11,14,37H,12-13H2,1-3H3,(H,30,35)(H,31,32). The number of amides is 1. The van der Waals surface area contributed by atoms with E-state index in [4.69, 9.17) is 4.74 Å². The van der Waals surface area contributed by atoms with E-state index in [0.29, 0.717) is 17.1 Å². The van der Waals surface area contributed by atoms with Gasteiger partial charge in [0.2, 0.25) is 5.91 Å². The van der Waals surface area contributed by atoms with Gasteiger partial charge in [0.15, 0.2) is 11.3 Å². The number of nitrogens with one attached hydrogen (secondary N) is 2. The molecule has 0 atom stereocenters. The van der Waals surface area contributed by atoms with Crippen molar-refractivity contribution in [2.45, 2.75) is 32.2 Å². The molecule has 0 saturated carbocycles. The van der Waals surface area contributed by atoms with E-state index >= 15 is 0 Å². The lowest BCUT2D eigenvalue weighted by atomic mass is 10.2. The number of ether oxygens (including phenoxy) is 1. The minimum atomic E-state index is -4.45. The maximum Gasteiger partial charge on any atom is 0.416 e. The zero-order chi connectivity index (χ0) is 27.7. The summed E-state index contributed by atoms with van der Waals surface area (Å²) in [5.74, 6) is 0.236. The lowest BCUT2D eigenvalue weighted by Gasteiger charge is -2.17. The zero-order valence-electron chi connectivity index (χ0n) is 20.7. The molecule has 38 heavy (non-hydrogen) atoms. The molecule has 200 valence electrons. The van der Waals surface area contributed by atoms with Crippen LogP contribution in [0.15, 0.2) is 59.7 Å². The van der Waals surface area contributed by atoms with Gasteiger partial charge in [-0.15, -0.1) is 0 Å². The van der Waals surface area contributed by atoms with Crippen molar-refractivity contribution in [1.82, 2.24) is 19.3 Å². The van der Waals surface area contributed by atoms with Gasteiger partial charge in [-0.05, 0) is 62.4 Å². The Morgan fingerprint density at radius 3 is 2.29 bits per heavy atom. The minimum Gasteiger partial charge on any atom is -0.491 e. The monoisotopic (exact) mass is 530 g/mol. The molecule has 0 saturated heterocycles. The fraction of sp³-hybridized carbons (Fsp3) is 0.280. The fourth-order valence-electron chi connectivity index (χ4n) is 3.52. The molecule has 0 radical (unpaired) electrons. The molecule has 0 bridgehead atoms. The Morgan fingerprint density at radius 2 is 1.68 bits per heavy atom. The number of halogens is 3. The van der Waals surface area contributed by atoms with E-state index in [1.807, 2.05) is 0 Å². The quantitative estimate of drug-likeness (QED) is 0.318. The first-order valence-corrected chi connectivity index (χ1v) is 11.4. The van der Waals surface area contributed by atoms with E-state index in [0.717, 1.165) is 16.7 Å². The molecule has 0 aliphatic heterocycles. The number of rotatable bonds is 8. The van der Waals surface area contributed by atoms with Crippen LogP contribution >= 0.6 is 0 Å². The maximum absolute atomic E-state index is 13.0. The molecule has 13 heteroatoms. The smallest absolute Gasteiger partial charge is 0.416 e. The van der Waals surface area contributed by atoms with E-state index < -0.39 is 28.8 Å². The van der Waals surface area contributed by atoms with Crippen LogP contribution in [-0.4, -0.2) is 42.6 Å². The number of aromatic nitrogens is 4. The largest absolute Gasteiger partial charge is 0.491 e. The van der Waals surface area contributed by atoms with E-state index in [9.17, 15) is 27.9 Å². The van der Waals surface area contributed by atoms with Gasteiger partial charge in [-0.3, -0.25) is 18.8 Å². The number of fused-ring (bicyclic) bond motifs is 1. The van der Waals surface area contributed by atoms with Crippen LogP contribution in [0.3, 0.4) is 0 Å². The highest BCUT2D eigenvalue weighted by molar-refractivity contribution is 5.91. The molecule has 0 unspecified atom stereocenters. The third-order valence-corrected chi connectivity index (χ3v) is 5.33. The normalized spacial score (nSPS) is 12.0. The number of aryl methyl sites for hydroxylation is 1. The van der Waals surface area contributed by atoms with Gasteiger partial charge in [0, 0.05) is 18.4 Å². The Balaban J connectivity index is 1.46. The van der Waals surface area contributed by atoms with Gasteiger partial charge < -0.3 is 20.5 Å². The highest BCUT2D eigenvalue weighted by Crippen LogP contribution is 2.30. The van der Waals surface area contributed by atoms with E-state index in [-0.39, 0.29) is 30.0 Å². The summed E-state index contributed by atoms with van der Waals surface area (Å²) in [6.07, 6.45) is -3.25. The summed E-state index contributed by atoms with van der Waals surface area (Å²) in [5.41, 5.74) is -1.16. The molecule has 2 heterocycles. The SMILES string of the molecule is Cn1nc(Nc2ccc(C(F)(F)F)cc2)c2ncn(CC(=O)Nc3ccc(OCC(C)(C)O)cc3)c(=O)c21. The molecular formula is C25H25F3N6O4. The van der Waals surface area contributed by atoms with Gasteiger partial charge in [0.05, 0.1) is 17.5 Å². The van der Waals surface area contributed by atoms with Crippen molar-refractivity contribution in [2.24, 2.45) is 7.05 Å². The number of hydrogen-bond donors (Lipinski definition) is 3. The van der Waals surface area contributed by atoms with Crippen LogP contribution in [0, 0.1) is 0 Å². The van der Waals surface area contributed by atoms with Crippen LogP contribution < -0.4 is 20.9 Å². The van der Waals surface area contributed by atoms with Crippen molar-refractivity contribution in [1.29, 1.82) is 0 Å². The molecule has 0 fully saturated rings. The summed E-state index contributed by atoms with van der Waals surface area (Å²) < 4.78 is 46.3. The van der Waals surface area contributed by atoms with Crippen LogP contribution in [0.2, 0.25) is 0 Å². The zero-order valence-corrected chi connectivity index (χ0v) is 20.7. The Kier molecular flexibility index (Phi) is 7.14. The van der Waals surface area contributed by atoms with Crippen molar-refractivity contribution in [3.8, 4) is 5.75 Å². The van der Waals surface area contributed by atoms with Gasteiger partial charge in [-0.25, -0.2) is 4.98 Å². The second kappa shape index (κ2) is 10.2. The van der Waals surface area contributed by atoms with Gasteiger partial charge in [-0.2, -0.15) is 18.3 Å². The topological polar surface area (TPSA) is 123 Å². The van der Waals surface area contributed by atoms with Crippen LogP contribution in [0.4, 0.5) is 30.4 Å². The molecule has 4 rings (SSSR count). The summed E-state index contributed by atoms with van der Waals surface area (Å²) in [5, 5.41) is 19.5. The highest BCUT2D eigenvalue weighted by atomic mass is 19.4. The van der Waals surface area contributed by atoms with Gasteiger partial charge in [0.25, 0.3) is 5.56 Å². The summed E-state index contributed by atoms with van der Waals surface area (Å²) >= 11 is 0. The maximum atomic E-state index is 13.0. The van der Waals surface area contributed by atoms with Gasteiger partial charge in [0.1, 0.15) is 24.4 Å². The summed E-state index contributed by atoms with van der Waals surface area (Å²) in [6, 6.07) is 10.9. The Morgan fingerprint density at radius 1 is 1.05 bits per heavy atom. The lowest BCUT2D eigenvalue weighted by molar-refractivity contribution is -0.137. The average Bonchev–Trinajstić information content (AvgIpc) is 3.15. The molecule has 2 aromatic heterocycles. The van der Waals surface area contributed by atoms with E-state index in [2.05, 4.69) is 20.7 Å². The number of benzene rings is 2. The number of nitrogens with zero attached hydrogens (tertiary/aromatic N) is 4. The lowest BCUT2D eigenvalue weighted by Crippen LogP contribution is -2.28. The summed E-state index contributed by atoms with van der Waals surface area (Å²) in [6.45, 7) is 3.04. The van der Waals surface area contributed by atoms with Crippen molar-refractivity contribution in [3.63, 3.8) is 0 Å². The van der Waals surface area contributed by atoms with Crippen molar-refractivity contribution in [2.75, 3.05) is 17.2 Å². The van der Waals surface area contributed by atoms with Gasteiger partial charge in [-0.1, -0.05) is 0 Å². The number of alkyl halides is 3. The summed E-state index contributed by atoms with van der Waals surface area (Å²) in [4.78, 5) is 29.9. The Hall–Kier alpha value is -4.39. The fourth-order valence-corrected chi connectivity index (χ4v) is 3.52. The molecule has 10 nitrogen and oxygen atoms in total. The van der Waals surface area contributed by atoms with Crippen molar-refractivity contribution in [3.05, 3.63) is 70.8 Å². The first-order chi connectivity index (χ1) is 17.8. The molecule has 3 N–H and O–H groups in total. The Labute approximate surface area is 214 Å². The van der Waals surface area contributed by atoms with Crippen LogP contribution in [0.1, 0.15) is 19.4 Å². The second-order valence-electron chi connectivity index (χ2n) is 9.22. The van der Waals surface area contributed by atoms with E-state index in [1.165, 1.54) is 30.2 Å². The average molecular weight is 531 g/mol. The van der Waals surface area contributed by atoms with Crippen molar-refractivity contribution >= 4 is 34.1 Å². The van der Waals surface area contributed by atoms with Crippen molar-refractivity contribution < 1.29 is 27.8 Å². The summed E-state index contributed by atoms with van der Waals surface area (Å²) in [7, 11) is 1.52. The van der Waals surface area contributed by atoms with Crippen LogP contribution in [0.25, 0.3) is 11.0 Å².